The average Bonchev–Trinajstić information content (AvgIpc) is 3.59. The maximum absolute atomic E-state index is 7.78. The molecule has 0 saturated carbocycles. The van der Waals surface area contributed by atoms with Crippen molar-refractivity contribution in [3.8, 4) is 62.1 Å². The summed E-state index contributed by atoms with van der Waals surface area (Å²) < 4.78 is 2.28. The molecule has 0 aliphatic heterocycles. The van der Waals surface area contributed by atoms with Crippen molar-refractivity contribution in [3.63, 3.8) is 0 Å². The first-order chi connectivity index (χ1) is 27.2. The zero-order chi connectivity index (χ0) is 36.7. The number of benzene rings is 7. The molecule has 0 aliphatic carbocycles. The van der Waals surface area contributed by atoms with Gasteiger partial charge in [-0.15, -0.1) is 0 Å². The first kappa shape index (κ1) is 31.9. The number of hydrogen-bond donors (Lipinski definition) is 0. The molecule has 3 heterocycles. The van der Waals surface area contributed by atoms with Gasteiger partial charge in [-0.1, -0.05) is 121 Å². The number of fused-ring (bicyclic) bond motifs is 4. The summed E-state index contributed by atoms with van der Waals surface area (Å²) in [5.74, 6) is 1.88. The van der Waals surface area contributed by atoms with Crippen molar-refractivity contribution in [2.75, 3.05) is 0 Å². The summed E-state index contributed by atoms with van der Waals surface area (Å²) in [6.45, 7) is 7.78. The second kappa shape index (κ2) is 13.3. The molecule has 55 heavy (non-hydrogen) atoms. The minimum absolute atomic E-state index is 0.612. The fourth-order valence-electron chi connectivity index (χ4n) is 7.54. The monoisotopic (exact) mass is 702 g/mol. The molecule has 0 spiro atoms. The molecule has 0 N–H and O–H groups in total. The third kappa shape index (κ3) is 5.68. The van der Waals surface area contributed by atoms with Crippen molar-refractivity contribution < 1.29 is 0 Å². The minimum Gasteiger partial charge on any atom is -0.309 e. The first-order valence-electron chi connectivity index (χ1n) is 18.1. The predicted octanol–water partition coefficient (Wildman–Crippen LogP) is 12.4. The van der Waals surface area contributed by atoms with Crippen LogP contribution in [-0.2, 0) is 0 Å². The van der Waals surface area contributed by atoms with Crippen LogP contribution in [0.4, 0.5) is 5.69 Å². The van der Waals surface area contributed by atoms with E-state index in [2.05, 4.69) is 105 Å². The molecular formula is C49H30N6. The Morgan fingerprint density at radius 2 is 0.982 bits per heavy atom. The summed E-state index contributed by atoms with van der Waals surface area (Å²) in [5, 5.41) is 4.27. The maximum atomic E-state index is 7.78. The minimum atomic E-state index is 0.612. The summed E-state index contributed by atoms with van der Waals surface area (Å²) in [6, 6.07) is 58.1. The largest absolute Gasteiger partial charge is 0.309 e. The smallest absolute Gasteiger partial charge is 0.188 e. The second-order valence-corrected chi connectivity index (χ2v) is 13.4. The molecule has 0 amide bonds. The first-order valence-corrected chi connectivity index (χ1v) is 18.1. The number of rotatable bonds is 6. The maximum Gasteiger partial charge on any atom is 0.188 e. The van der Waals surface area contributed by atoms with Crippen molar-refractivity contribution in [1.29, 1.82) is 0 Å². The summed E-state index contributed by atoms with van der Waals surface area (Å²) >= 11 is 0. The molecule has 6 nitrogen and oxygen atoms in total. The highest BCUT2D eigenvalue weighted by atomic mass is 15.0. The summed E-state index contributed by atoms with van der Waals surface area (Å²) in [7, 11) is 0. The Hall–Kier alpha value is -7.75. The van der Waals surface area contributed by atoms with Crippen LogP contribution < -0.4 is 0 Å². The van der Waals surface area contributed by atoms with Gasteiger partial charge in [0.1, 0.15) is 0 Å². The lowest BCUT2D eigenvalue weighted by atomic mass is 9.94. The van der Waals surface area contributed by atoms with Crippen LogP contribution in [0.3, 0.4) is 0 Å². The van der Waals surface area contributed by atoms with Gasteiger partial charge < -0.3 is 4.57 Å². The highest BCUT2D eigenvalue weighted by molar-refractivity contribution is 6.13. The van der Waals surface area contributed by atoms with E-state index in [1.165, 1.54) is 0 Å². The molecular weight excluding hydrogens is 673 g/mol. The van der Waals surface area contributed by atoms with Crippen LogP contribution in [0.1, 0.15) is 0 Å². The number of aromatic nitrogens is 5. The van der Waals surface area contributed by atoms with Gasteiger partial charge in [0.2, 0.25) is 0 Å². The van der Waals surface area contributed by atoms with E-state index < -0.39 is 0 Å². The number of hydrogen-bond acceptors (Lipinski definition) is 4. The van der Waals surface area contributed by atoms with Crippen LogP contribution in [0.25, 0.3) is 99.5 Å². The van der Waals surface area contributed by atoms with Gasteiger partial charge in [0.15, 0.2) is 23.2 Å². The standard InChI is InChI=1S/C49H30N6/c1-50-37-21-27-46-44(30-37)43-29-35(20-26-45(43)55(46)38-22-18-32(19-23-38)36-15-10-28-51-31-36)39-24-25-42(41-17-9-8-16-40(39)41)49-53-47(33-11-4-2-5-12-33)52-48(54-49)34-13-6-3-7-14-34/h2-31H. The van der Waals surface area contributed by atoms with E-state index in [1.807, 2.05) is 85.1 Å². The number of nitrogens with zero attached hydrogens (tertiary/aromatic N) is 6. The van der Waals surface area contributed by atoms with Crippen molar-refractivity contribution in [2.45, 2.75) is 0 Å². The second-order valence-electron chi connectivity index (χ2n) is 13.4. The van der Waals surface area contributed by atoms with Gasteiger partial charge >= 0.3 is 0 Å². The fraction of sp³-hybridized carbons (Fsp3) is 0. The molecule has 0 atom stereocenters. The highest BCUT2D eigenvalue weighted by Crippen LogP contribution is 2.40. The summed E-state index contributed by atoms with van der Waals surface area (Å²) in [4.78, 5) is 23.1. The van der Waals surface area contributed by atoms with Gasteiger partial charge in [-0.2, -0.15) is 0 Å². The van der Waals surface area contributed by atoms with Gasteiger partial charge in [0, 0.05) is 40.2 Å². The van der Waals surface area contributed by atoms with Crippen LogP contribution >= 0.6 is 0 Å². The van der Waals surface area contributed by atoms with Gasteiger partial charge in [0.05, 0.1) is 17.6 Å². The molecule has 10 rings (SSSR count). The lowest BCUT2D eigenvalue weighted by Gasteiger charge is -2.13. The molecule has 7 aromatic carbocycles. The SMILES string of the molecule is [C-]#[N+]c1ccc2c(c1)c1cc(-c3ccc(-c4nc(-c5ccccc5)nc(-c5ccccc5)n4)c4ccccc34)ccc1n2-c1ccc(-c2cccnc2)cc1. The van der Waals surface area contributed by atoms with E-state index in [0.29, 0.717) is 23.2 Å². The quantitative estimate of drug-likeness (QED) is 0.162. The highest BCUT2D eigenvalue weighted by Gasteiger charge is 2.18. The van der Waals surface area contributed by atoms with E-state index >= 15 is 0 Å². The lowest BCUT2D eigenvalue weighted by molar-refractivity contribution is 1.08. The summed E-state index contributed by atoms with van der Waals surface area (Å²) in [5.41, 5.74) is 10.9. The molecule has 0 bridgehead atoms. The van der Waals surface area contributed by atoms with E-state index in [4.69, 9.17) is 21.5 Å². The molecule has 0 radical (unpaired) electrons. The predicted molar refractivity (Wildman–Crippen MR) is 223 cm³/mol. The molecule has 0 aliphatic rings. The molecule has 0 unspecified atom stereocenters. The normalized spacial score (nSPS) is 11.3. The Labute approximate surface area is 317 Å². The van der Waals surface area contributed by atoms with Gasteiger partial charge in [-0.05, 0) is 86.9 Å². The van der Waals surface area contributed by atoms with Crippen molar-refractivity contribution in [2.24, 2.45) is 0 Å². The zero-order valence-electron chi connectivity index (χ0n) is 29.5. The van der Waals surface area contributed by atoms with E-state index in [0.717, 1.165) is 77.2 Å². The van der Waals surface area contributed by atoms with Crippen LogP contribution in [0.2, 0.25) is 0 Å². The van der Waals surface area contributed by atoms with E-state index in [9.17, 15) is 0 Å². The van der Waals surface area contributed by atoms with E-state index in [1.54, 1.807) is 6.20 Å². The van der Waals surface area contributed by atoms with Crippen LogP contribution in [0, 0.1) is 6.57 Å². The third-order valence-electron chi connectivity index (χ3n) is 10.2. The molecule has 256 valence electrons. The Morgan fingerprint density at radius 1 is 0.418 bits per heavy atom. The molecule has 0 saturated heterocycles. The van der Waals surface area contributed by atoms with E-state index in [-0.39, 0.29) is 0 Å². The fourth-order valence-corrected chi connectivity index (χ4v) is 7.54. The Morgan fingerprint density at radius 3 is 1.64 bits per heavy atom. The van der Waals surface area contributed by atoms with Crippen LogP contribution in [0.15, 0.2) is 182 Å². The topological polar surface area (TPSA) is 60.9 Å². The van der Waals surface area contributed by atoms with Crippen LogP contribution in [0.5, 0.6) is 0 Å². The molecule has 0 fully saturated rings. The Bertz CT molecular complexity index is 3020. The van der Waals surface area contributed by atoms with Crippen LogP contribution in [-0.4, -0.2) is 24.5 Å². The number of pyridine rings is 1. The summed E-state index contributed by atoms with van der Waals surface area (Å²) in [6.07, 6.45) is 3.67. The molecule has 6 heteroatoms. The lowest BCUT2D eigenvalue weighted by Crippen LogP contribution is -2.00. The Balaban J connectivity index is 1.13. The van der Waals surface area contributed by atoms with Crippen molar-refractivity contribution in [3.05, 3.63) is 194 Å². The molecule has 3 aromatic heterocycles. The Kier molecular flexibility index (Phi) is 7.75. The van der Waals surface area contributed by atoms with Gasteiger partial charge in [-0.25, -0.2) is 19.8 Å². The van der Waals surface area contributed by atoms with Gasteiger partial charge in [0.25, 0.3) is 0 Å². The van der Waals surface area contributed by atoms with Crippen molar-refractivity contribution in [1.82, 2.24) is 24.5 Å². The third-order valence-corrected chi connectivity index (χ3v) is 10.2. The van der Waals surface area contributed by atoms with Gasteiger partial charge in [-0.3, -0.25) is 4.98 Å². The molecule has 10 aromatic rings. The zero-order valence-corrected chi connectivity index (χ0v) is 29.5. The average molecular weight is 703 g/mol. The van der Waals surface area contributed by atoms with Crippen molar-refractivity contribution >= 4 is 38.3 Å².